The molecule has 1 aromatic rings. The van der Waals surface area contributed by atoms with Crippen LogP contribution in [0.15, 0.2) is 12.1 Å². The van der Waals surface area contributed by atoms with Crippen LogP contribution in [0.3, 0.4) is 0 Å². The highest BCUT2D eigenvalue weighted by Gasteiger charge is 2.36. The van der Waals surface area contributed by atoms with Crippen molar-refractivity contribution < 1.29 is 4.79 Å². The fraction of sp³-hybridized carbons (Fsp3) is 0.611. The van der Waals surface area contributed by atoms with Gasteiger partial charge in [-0.3, -0.25) is 4.79 Å². The van der Waals surface area contributed by atoms with E-state index in [2.05, 4.69) is 44.7 Å². The Morgan fingerprint density at radius 3 is 2.25 bits per heavy atom. The van der Waals surface area contributed by atoms with E-state index in [4.69, 9.17) is 0 Å². The van der Waals surface area contributed by atoms with Gasteiger partial charge in [0.1, 0.15) is 0 Å². The largest absolute Gasteiger partial charge is 0.294 e. The quantitative estimate of drug-likeness (QED) is 0.723. The second kappa shape index (κ2) is 5.55. The number of benzene rings is 1. The summed E-state index contributed by atoms with van der Waals surface area (Å²) in [4.78, 5) is 12.9. The molecule has 0 N–H and O–H groups in total. The Labute approximate surface area is 126 Å². The highest BCUT2D eigenvalue weighted by Crippen LogP contribution is 2.44. The van der Waals surface area contributed by atoms with Crippen molar-refractivity contribution in [3.63, 3.8) is 0 Å². The number of ketones is 1. The molecule has 2 saturated heterocycles. The van der Waals surface area contributed by atoms with Gasteiger partial charge in [-0.2, -0.15) is 11.8 Å². The summed E-state index contributed by atoms with van der Waals surface area (Å²) < 4.78 is 0. The fourth-order valence-corrected chi connectivity index (χ4v) is 5.56. The molecule has 0 radical (unpaired) electrons. The molecule has 0 saturated carbocycles. The lowest BCUT2D eigenvalue weighted by atomic mass is 9.83. The van der Waals surface area contributed by atoms with E-state index in [9.17, 15) is 4.79 Å². The summed E-state index contributed by atoms with van der Waals surface area (Å²) in [7, 11) is 0. The number of carbonyl (C=O) groups excluding carboxylic acids is 1. The summed E-state index contributed by atoms with van der Waals surface area (Å²) >= 11 is 2.15. The molecule has 3 rings (SSSR count). The van der Waals surface area contributed by atoms with E-state index in [1.54, 1.807) is 0 Å². The number of Topliss-reactive ketones (excluding diaryl/α,β-unsaturated/α-hetero) is 1. The minimum absolute atomic E-state index is 0.271. The SMILES string of the molecule is Cc1cc(C)c(C(=O)C2CC3CCCC(C2)S3)cc1C. The minimum Gasteiger partial charge on any atom is -0.294 e. The van der Waals surface area contributed by atoms with E-state index >= 15 is 0 Å². The van der Waals surface area contributed by atoms with E-state index in [-0.39, 0.29) is 5.92 Å². The van der Waals surface area contributed by atoms with Crippen molar-refractivity contribution in [3.05, 3.63) is 34.4 Å². The lowest BCUT2D eigenvalue weighted by Crippen LogP contribution is -2.33. The van der Waals surface area contributed by atoms with Crippen LogP contribution in [0.25, 0.3) is 0 Å². The van der Waals surface area contributed by atoms with Gasteiger partial charge in [-0.25, -0.2) is 0 Å². The summed E-state index contributed by atoms with van der Waals surface area (Å²) in [6, 6.07) is 4.28. The molecule has 0 aromatic heterocycles. The lowest BCUT2D eigenvalue weighted by molar-refractivity contribution is 0.0896. The Kier molecular flexibility index (Phi) is 3.94. The van der Waals surface area contributed by atoms with Gasteiger partial charge in [0, 0.05) is 22.0 Å². The zero-order valence-corrected chi connectivity index (χ0v) is 13.6. The Hall–Kier alpha value is -0.760. The van der Waals surface area contributed by atoms with Crippen LogP contribution in [-0.2, 0) is 0 Å². The van der Waals surface area contributed by atoms with Crippen LogP contribution < -0.4 is 0 Å². The maximum absolute atomic E-state index is 12.9. The lowest BCUT2D eigenvalue weighted by Gasteiger charge is -2.38. The predicted molar refractivity (Wildman–Crippen MR) is 86.7 cm³/mol. The summed E-state index contributed by atoms with van der Waals surface area (Å²) in [5.74, 6) is 0.676. The monoisotopic (exact) mass is 288 g/mol. The minimum atomic E-state index is 0.271. The molecule has 0 amide bonds. The molecular weight excluding hydrogens is 264 g/mol. The maximum Gasteiger partial charge on any atom is 0.166 e. The number of rotatable bonds is 2. The van der Waals surface area contributed by atoms with Gasteiger partial charge in [0.15, 0.2) is 5.78 Å². The Balaban J connectivity index is 1.84. The van der Waals surface area contributed by atoms with E-state index in [0.29, 0.717) is 5.78 Å². The standard InChI is InChI=1S/C18H24OS/c1-11-7-13(3)17(8-12(11)2)18(19)14-9-15-5-4-6-16(10-14)20-15/h7-8,14-16H,4-6,9-10H2,1-3H3. The number of carbonyl (C=O) groups is 1. The summed E-state index contributed by atoms with van der Waals surface area (Å²) in [6.45, 7) is 6.31. The average Bonchev–Trinajstić information content (AvgIpc) is 2.41. The Bertz CT molecular complexity index is 522. The molecule has 20 heavy (non-hydrogen) atoms. The molecule has 0 aliphatic carbocycles. The number of hydrogen-bond donors (Lipinski definition) is 0. The van der Waals surface area contributed by atoms with E-state index in [1.807, 2.05) is 0 Å². The molecular formula is C18H24OS. The first-order chi connectivity index (χ1) is 9.54. The molecule has 1 nitrogen and oxygen atoms in total. The van der Waals surface area contributed by atoms with Gasteiger partial charge in [-0.1, -0.05) is 12.5 Å². The highest BCUT2D eigenvalue weighted by atomic mass is 32.2. The molecule has 2 bridgehead atoms. The van der Waals surface area contributed by atoms with Crippen molar-refractivity contribution in [2.45, 2.75) is 63.4 Å². The maximum atomic E-state index is 12.9. The van der Waals surface area contributed by atoms with Crippen LogP contribution >= 0.6 is 11.8 Å². The molecule has 2 aliphatic rings. The number of thioether (sulfide) groups is 1. The third-order valence-electron chi connectivity index (χ3n) is 5.01. The first-order valence-electron chi connectivity index (χ1n) is 7.82. The number of aryl methyl sites for hydroxylation is 3. The second-order valence-electron chi connectivity index (χ2n) is 6.59. The first kappa shape index (κ1) is 14.2. The van der Waals surface area contributed by atoms with Crippen LogP contribution in [-0.4, -0.2) is 16.3 Å². The van der Waals surface area contributed by atoms with Crippen LogP contribution in [0.4, 0.5) is 0 Å². The van der Waals surface area contributed by atoms with E-state index in [1.165, 1.54) is 30.4 Å². The van der Waals surface area contributed by atoms with Gasteiger partial charge in [0.2, 0.25) is 0 Å². The van der Waals surface area contributed by atoms with Gasteiger partial charge in [-0.05, 0) is 69.2 Å². The molecule has 2 heterocycles. The van der Waals surface area contributed by atoms with Gasteiger partial charge in [0.05, 0.1) is 0 Å². The molecule has 2 aliphatic heterocycles. The number of fused-ring (bicyclic) bond motifs is 2. The molecule has 2 atom stereocenters. The molecule has 0 spiro atoms. The summed E-state index contributed by atoms with van der Waals surface area (Å²) in [5.41, 5.74) is 4.66. The van der Waals surface area contributed by atoms with E-state index in [0.717, 1.165) is 34.5 Å². The molecule has 2 heteroatoms. The third kappa shape index (κ3) is 2.67. The van der Waals surface area contributed by atoms with Crippen LogP contribution in [0, 0.1) is 26.7 Å². The zero-order chi connectivity index (χ0) is 14.3. The van der Waals surface area contributed by atoms with Crippen molar-refractivity contribution in [1.29, 1.82) is 0 Å². The summed E-state index contributed by atoms with van der Waals surface area (Å²) in [6.07, 6.45) is 6.21. The van der Waals surface area contributed by atoms with Gasteiger partial charge in [-0.15, -0.1) is 0 Å². The van der Waals surface area contributed by atoms with Gasteiger partial charge >= 0.3 is 0 Å². The fourth-order valence-electron chi connectivity index (χ4n) is 3.72. The smallest absolute Gasteiger partial charge is 0.166 e. The van der Waals surface area contributed by atoms with Gasteiger partial charge in [0.25, 0.3) is 0 Å². The Morgan fingerprint density at radius 2 is 1.60 bits per heavy atom. The van der Waals surface area contributed by atoms with Crippen LogP contribution in [0.5, 0.6) is 0 Å². The molecule has 108 valence electrons. The molecule has 1 aromatic carbocycles. The zero-order valence-electron chi connectivity index (χ0n) is 12.7. The van der Waals surface area contributed by atoms with Crippen molar-refractivity contribution in [2.24, 2.45) is 5.92 Å². The first-order valence-corrected chi connectivity index (χ1v) is 8.76. The third-order valence-corrected chi connectivity index (χ3v) is 6.63. The van der Waals surface area contributed by atoms with Crippen molar-refractivity contribution >= 4 is 17.5 Å². The second-order valence-corrected chi connectivity index (χ2v) is 8.20. The van der Waals surface area contributed by atoms with Crippen molar-refractivity contribution in [3.8, 4) is 0 Å². The highest BCUT2D eigenvalue weighted by molar-refractivity contribution is 8.00. The number of hydrogen-bond acceptors (Lipinski definition) is 2. The topological polar surface area (TPSA) is 17.1 Å². The molecule has 2 fully saturated rings. The Morgan fingerprint density at radius 1 is 1.00 bits per heavy atom. The normalized spacial score (nSPS) is 29.2. The van der Waals surface area contributed by atoms with Crippen molar-refractivity contribution in [1.82, 2.24) is 0 Å². The van der Waals surface area contributed by atoms with Crippen LogP contribution in [0.1, 0.15) is 59.2 Å². The van der Waals surface area contributed by atoms with Gasteiger partial charge < -0.3 is 0 Å². The summed E-state index contributed by atoms with van der Waals surface area (Å²) in [5, 5.41) is 1.48. The van der Waals surface area contributed by atoms with Crippen molar-refractivity contribution in [2.75, 3.05) is 0 Å². The predicted octanol–water partition coefficient (Wildman–Crippen LogP) is 4.86. The van der Waals surface area contributed by atoms with Crippen LogP contribution in [0.2, 0.25) is 0 Å². The molecule has 2 unspecified atom stereocenters. The average molecular weight is 288 g/mol. The van der Waals surface area contributed by atoms with E-state index < -0.39 is 0 Å².